The van der Waals surface area contributed by atoms with Crippen LogP contribution in [-0.2, 0) is 17.8 Å². The maximum absolute atomic E-state index is 12.0. The van der Waals surface area contributed by atoms with Gasteiger partial charge >= 0.3 is 0 Å². The highest BCUT2D eigenvalue weighted by Gasteiger charge is 2.09. The van der Waals surface area contributed by atoms with Gasteiger partial charge in [-0.1, -0.05) is 23.7 Å². The normalized spacial score (nSPS) is 10.5. The first kappa shape index (κ1) is 15.6. The third kappa shape index (κ3) is 4.37. The van der Waals surface area contributed by atoms with Crippen molar-refractivity contribution >= 4 is 28.8 Å². The fraction of sp³-hybridized carbons (Fsp3) is 0.118. The first-order chi connectivity index (χ1) is 11.2. The van der Waals surface area contributed by atoms with Gasteiger partial charge in [-0.05, 0) is 29.8 Å². The average molecular weight is 344 g/mol. The number of carbonyl (C=O) groups excluding carboxylic acids is 1. The van der Waals surface area contributed by atoms with E-state index in [1.165, 1.54) is 11.3 Å². The SMILES string of the molecule is O=C(Cc1csc(-c2ccc(Cl)cc2)n1)NCc1ccncc1. The summed E-state index contributed by atoms with van der Waals surface area (Å²) in [6, 6.07) is 11.3. The predicted molar refractivity (Wildman–Crippen MR) is 92.3 cm³/mol. The van der Waals surface area contributed by atoms with Crippen LogP contribution in [0.2, 0.25) is 5.02 Å². The van der Waals surface area contributed by atoms with Gasteiger partial charge in [0, 0.05) is 34.9 Å². The minimum Gasteiger partial charge on any atom is -0.352 e. The van der Waals surface area contributed by atoms with E-state index in [-0.39, 0.29) is 12.3 Å². The van der Waals surface area contributed by atoms with Crippen LogP contribution in [0.25, 0.3) is 10.6 Å². The average Bonchev–Trinajstić information content (AvgIpc) is 3.03. The number of carbonyl (C=O) groups is 1. The summed E-state index contributed by atoms with van der Waals surface area (Å²) in [4.78, 5) is 20.5. The minimum atomic E-state index is -0.0465. The predicted octanol–water partition coefficient (Wildman–Crippen LogP) is 3.72. The molecule has 0 aliphatic heterocycles. The Morgan fingerprint density at radius 3 is 2.61 bits per heavy atom. The highest BCUT2D eigenvalue weighted by atomic mass is 35.5. The molecule has 0 spiro atoms. The maximum Gasteiger partial charge on any atom is 0.226 e. The quantitative estimate of drug-likeness (QED) is 0.768. The molecule has 0 radical (unpaired) electrons. The molecule has 116 valence electrons. The number of rotatable bonds is 5. The topological polar surface area (TPSA) is 54.9 Å². The van der Waals surface area contributed by atoms with Crippen LogP contribution in [0.4, 0.5) is 0 Å². The van der Waals surface area contributed by atoms with E-state index >= 15 is 0 Å². The summed E-state index contributed by atoms with van der Waals surface area (Å²) < 4.78 is 0. The number of nitrogens with zero attached hydrogens (tertiary/aromatic N) is 2. The molecule has 0 fully saturated rings. The van der Waals surface area contributed by atoms with Gasteiger partial charge in [0.15, 0.2) is 0 Å². The summed E-state index contributed by atoms with van der Waals surface area (Å²) in [6.07, 6.45) is 3.69. The summed E-state index contributed by atoms with van der Waals surface area (Å²) in [6.45, 7) is 0.496. The Hall–Kier alpha value is -2.24. The molecule has 0 saturated heterocycles. The van der Waals surface area contributed by atoms with Gasteiger partial charge in [-0.25, -0.2) is 4.98 Å². The Bertz CT molecular complexity index is 787. The van der Waals surface area contributed by atoms with Crippen LogP contribution in [0, 0.1) is 0 Å². The van der Waals surface area contributed by atoms with E-state index in [0.717, 1.165) is 21.8 Å². The molecule has 2 heterocycles. The zero-order valence-corrected chi connectivity index (χ0v) is 13.8. The van der Waals surface area contributed by atoms with Crippen molar-refractivity contribution in [2.45, 2.75) is 13.0 Å². The Kier molecular flexibility index (Phi) is 5.00. The van der Waals surface area contributed by atoms with E-state index in [9.17, 15) is 4.79 Å². The lowest BCUT2D eigenvalue weighted by Crippen LogP contribution is -2.24. The number of benzene rings is 1. The molecule has 0 aliphatic rings. The molecule has 0 unspecified atom stereocenters. The molecule has 1 aromatic carbocycles. The number of hydrogen-bond acceptors (Lipinski definition) is 4. The number of halogens is 1. The van der Waals surface area contributed by atoms with Crippen molar-refractivity contribution < 1.29 is 4.79 Å². The van der Waals surface area contributed by atoms with E-state index in [4.69, 9.17) is 11.6 Å². The van der Waals surface area contributed by atoms with E-state index in [1.54, 1.807) is 12.4 Å². The van der Waals surface area contributed by atoms with Crippen LogP contribution in [-0.4, -0.2) is 15.9 Å². The molecule has 1 amide bonds. The van der Waals surface area contributed by atoms with Crippen LogP contribution in [0.1, 0.15) is 11.3 Å². The lowest BCUT2D eigenvalue weighted by molar-refractivity contribution is -0.120. The third-order valence-corrected chi connectivity index (χ3v) is 4.42. The van der Waals surface area contributed by atoms with Crippen molar-refractivity contribution in [3.05, 3.63) is 70.5 Å². The lowest BCUT2D eigenvalue weighted by atomic mass is 10.2. The molecular weight excluding hydrogens is 330 g/mol. The number of thiazole rings is 1. The Labute approximate surface area is 143 Å². The van der Waals surface area contributed by atoms with Gasteiger partial charge in [0.2, 0.25) is 5.91 Å². The van der Waals surface area contributed by atoms with Crippen molar-refractivity contribution in [2.75, 3.05) is 0 Å². The zero-order chi connectivity index (χ0) is 16.1. The van der Waals surface area contributed by atoms with Crippen molar-refractivity contribution in [3.8, 4) is 10.6 Å². The Balaban J connectivity index is 1.58. The lowest BCUT2D eigenvalue weighted by Gasteiger charge is -2.03. The standard InChI is InChI=1S/C17H14ClN3OS/c18-14-3-1-13(2-4-14)17-21-15(11-23-17)9-16(22)20-10-12-5-7-19-8-6-12/h1-8,11H,9-10H2,(H,20,22). The smallest absolute Gasteiger partial charge is 0.226 e. The largest absolute Gasteiger partial charge is 0.352 e. The summed E-state index contributed by atoms with van der Waals surface area (Å²) in [5, 5.41) is 6.38. The fourth-order valence-electron chi connectivity index (χ4n) is 2.04. The minimum absolute atomic E-state index is 0.0465. The molecule has 0 aliphatic carbocycles. The van der Waals surface area contributed by atoms with Gasteiger partial charge in [-0.15, -0.1) is 11.3 Å². The molecule has 3 rings (SSSR count). The molecule has 0 bridgehead atoms. The van der Waals surface area contributed by atoms with Gasteiger partial charge in [0.25, 0.3) is 0 Å². The second-order valence-corrected chi connectivity index (χ2v) is 6.25. The highest BCUT2D eigenvalue weighted by molar-refractivity contribution is 7.13. The second kappa shape index (κ2) is 7.35. The molecule has 3 aromatic rings. The van der Waals surface area contributed by atoms with Crippen LogP contribution in [0.5, 0.6) is 0 Å². The summed E-state index contributed by atoms with van der Waals surface area (Å²) >= 11 is 7.41. The second-order valence-electron chi connectivity index (χ2n) is 4.96. The van der Waals surface area contributed by atoms with E-state index in [2.05, 4.69) is 15.3 Å². The molecule has 4 nitrogen and oxygen atoms in total. The Morgan fingerprint density at radius 1 is 1.13 bits per heavy atom. The van der Waals surface area contributed by atoms with Gasteiger partial charge < -0.3 is 5.32 Å². The molecule has 23 heavy (non-hydrogen) atoms. The van der Waals surface area contributed by atoms with E-state index < -0.39 is 0 Å². The molecular formula is C17H14ClN3OS. The van der Waals surface area contributed by atoms with Crippen LogP contribution >= 0.6 is 22.9 Å². The molecule has 0 atom stereocenters. The van der Waals surface area contributed by atoms with Gasteiger partial charge in [0.05, 0.1) is 12.1 Å². The van der Waals surface area contributed by atoms with Gasteiger partial charge in [-0.3, -0.25) is 9.78 Å². The molecule has 6 heteroatoms. The fourth-order valence-corrected chi connectivity index (χ4v) is 2.99. The summed E-state index contributed by atoms with van der Waals surface area (Å²) in [5.74, 6) is -0.0465. The van der Waals surface area contributed by atoms with Crippen molar-refractivity contribution in [3.63, 3.8) is 0 Å². The van der Waals surface area contributed by atoms with E-state index in [0.29, 0.717) is 11.6 Å². The summed E-state index contributed by atoms with van der Waals surface area (Å²) in [7, 11) is 0. The molecule has 2 aromatic heterocycles. The zero-order valence-electron chi connectivity index (χ0n) is 12.2. The first-order valence-electron chi connectivity index (χ1n) is 7.06. The monoisotopic (exact) mass is 343 g/mol. The van der Waals surface area contributed by atoms with Crippen LogP contribution in [0.15, 0.2) is 54.2 Å². The summed E-state index contributed by atoms with van der Waals surface area (Å²) in [5.41, 5.74) is 2.79. The van der Waals surface area contributed by atoms with Crippen LogP contribution in [0.3, 0.4) is 0 Å². The number of hydrogen-bond donors (Lipinski definition) is 1. The number of aromatic nitrogens is 2. The van der Waals surface area contributed by atoms with Crippen molar-refractivity contribution in [1.82, 2.24) is 15.3 Å². The van der Waals surface area contributed by atoms with Gasteiger partial charge in [0.1, 0.15) is 5.01 Å². The first-order valence-corrected chi connectivity index (χ1v) is 8.32. The number of nitrogens with one attached hydrogen (secondary N) is 1. The molecule has 1 N–H and O–H groups in total. The van der Waals surface area contributed by atoms with Crippen LogP contribution < -0.4 is 5.32 Å². The van der Waals surface area contributed by atoms with E-state index in [1.807, 2.05) is 41.8 Å². The highest BCUT2D eigenvalue weighted by Crippen LogP contribution is 2.25. The maximum atomic E-state index is 12.0. The number of amides is 1. The van der Waals surface area contributed by atoms with Crippen molar-refractivity contribution in [1.29, 1.82) is 0 Å². The van der Waals surface area contributed by atoms with Gasteiger partial charge in [-0.2, -0.15) is 0 Å². The third-order valence-electron chi connectivity index (χ3n) is 3.22. The van der Waals surface area contributed by atoms with Crippen molar-refractivity contribution in [2.24, 2.45) is 0 Å². The number of pyridine rings is 1. The Morgan fingerprint density at radius 2 is 1.87 bits per heavy atom. The molecule has 0 saturated carbocycles.